The van der Waals surface area contributed by atoms with Crippen molar-refractivity contribution in [3.05, 3.63) is 34.9 Å². The van der Waals surface area contributed by atoms with Crippen LogP contribution < -0.4 is 0 Å². The molecule has 19 heavy (non-hydrogen) atoms. The molecule has 0 N–H and O–H groups in total. The topological polar surface area (TPSA) is 29.5 Å². The molecule has 1 unspecified atom stereocenters. The molecule has 0 bridgehead atoms. The van der Waals surface area contributed by atoms with E-state index in [1.807, 2.05) is 29.2 Å². The Morgan fingerprint density at radius 3 is 2.63 bits per heavy atom. The Bertz CT molecular complexity index is 456. The quantitative estimate of drug-likeness (QED) is 0.833. The average molecular weight is 280 g/mol. The molecule has 1 amide bonds. The number of benzene rings is 1. The highest BCUT2D eigenvalue weighted by molar-refractivity contribution is 6.30. The third-order valence-electron chi connectivity index (χ3n) is 4.07. The Morgan fingerprint density at radius 1 is 1.26 bits per heavy atom. The minimum atomic E-state index is -0.0185. The van der Waals surface area contributed by atoms with Crippen LogP contribution in [-0.2, 0) is 9.53 Å². The molecule has 1 aliphatic carbocycles. The fourth-order valence-electron chi connectivity index (χ4n) is 2.64. The van der Waals surface area contributed by atoms with Gasteiger partial charge in [0.1, 0.15) is 6.10 Å². The molecule has 0 spiro atoms. The molecule has 102 valence electrons. The predicted octanol–water partition coefficient (Wildman–Crippen LogP) is 3.04. The summed E-state index contributed by atoms with van der Waals surface area (Å²) in [6, 6.07) is 7.69. The smallest absolute Gasteiger partial charge is 0.225 e. The summed E-state index contributed by atoms with van der Waals surface area (Å²) >= 11 is 5.89. The Balaban J connectivity index is 1.67. The summed E-state index contributed by atoms with van der Waals surface area (Å²) in [5, 5.41) is 0.724. The molecule has 1 saturated heterocycles. The summed E-state index contributed by atoms with van der Waals surface area (Å²) in [4.78, 5) is 14.2. The first-order valence-electron chi connectivity index (χ1n) is 6.90. The molecule has 0 aromatic heterocycles. The molecule has 0 radical (unpaired) electrons. The van der Waals surface area contributed by atoms with Gasteiger partial charge in [-0.3, -0.25) is 4.79 Å². The van der Waals surface area contributed by atoms with Crippen LogP contribution in [0.25, 0.3) is 0 Å². The minimum Gasteiger partial charge on any atom is -0.370 e. The van der Waals surface area contributed by atoms with Crippen molar-refractivity contribution < 1.29 is 9.53 Å². The number of rotatable bonds is 2. The zero-order valence-corrected chi connectivity index (χ0v) is 11.6. The maximum absolute atomic E-state index is 12.3. The highest BCUT2D eigenvalue weighted by Crippen LogP contribution is 2.30. The predicted molar refractivity (Wildman–Crippen MR) is 74.1 cm³/mol. The Hall–Kier alpha value is -1.06. The lowest BCUT2D eigenvalue weighted by atomic mass is 9.84. The van der Waals surface area contributed by atoms with Crippen LogP contribution in [0.1, 0.15) is 30.9 Å². The Labute approximate surface area is 118 Å². The number of halogens is 1. The standard InChI is InChI=1S/C15H18ClNO2/c16-13-6-4-11(5-7-13)14-10-17(8-9-19-14)15(18)12-2-1-3-12/h4-7,12,14H,1-3,8-10H2. The van der Waals surface area contributed by atoms with Crippen molar-refractivity contribution in [3.8, 4) is 0 Å². The van der Waals surface area contributed by atoms with E-state index in [4.69, 9.17) is 16.3 Å². The number of amides is 1. The monoisotopic (exact) mass is 279 g/mol. The maximum atomic E-state index is 12.3. The number of carbonyl (C=O) groups is 1. The van der Waals surface area contributed by atoms with Crippen LogP contribution in [0.2, 0.25) is 5.02 Å². The maximum Gasteiger partial charge on any atom is 0.225 e. The van der Waals surface area contributed by atoms with E-state index in [0.29, 0.717) is 19.1 Å². The van der Waals surface area contributed by atoms with Gasteiger partial charge in [0.15, 0.2) is 0 Å². The molecule has 3 rings (SSSR count). The number of carbonyl (C=O) groups excluding carboxylic acids is 1. The Kier molecular flexibility index (Phi) is 3.76. The molecule has 1 aromatic carbocycles. The van der Waals surface area contributed by atoms with Crippen LogP contribution in [0.3, 0.4) is 0 Å². The number of morpholine rings is 1. The van der Waals surface area contributed by atoms with E-state index in [9.17, 15) is 4.79 Å². The largest absolute Gasteiger partial charge is 0.370 e. The van der Waals surface area contributed by atoms with Gasteiger partial charge in [-0.2, -0.15) is 0 Å². The summed E-state index contributed by atoms with van der Waals surface area (Å²) in [5.74, 6) is 0.581. The SMILES string of the molecule is O=C(C1CCC1)N1CCOC(c2ccc(Cl)cc2)C1. The lowest BCUT2D eigenvalue weighted by Gasteiger charge is -2.37. The van der Waals surface area contributed by atoms with Gasteiger partial charge in [-0.05, 0) is 30.5 Å². The summed E-state index contributed by atoms with van der Waals surface area (Å²) in [7, 11) is 0. The number of ether oxygens (including phenoxy) is 1. The van der Waals surface area contributed by atoms with Gasteiger partial charge in [-0.25, -0.2) is 0 Å². The molecule has 1 atom stereocenters. The second-order valence-electron chi connectivity index (χ2n) is 5.32. The molecular formula is C15H18ClNO2. The van der Waals surface area contributed by atoms with Gasteiger partial charge in [0.2, 0.25) is 5.91 Å². The van der Waals surface area contributed by atoms with Crippen LogP contribution >= 0.6 is 11.6 Å². The highest BCUT2D eigenvalue weighted by atomic mass is 35.5. The second kappa shape index (κ2) is 5.51. The van der Waals surface area contributed by atoms with Gasteiger partial charge in [-0.1, -0.05) is 30.2 Å². The molecule has 1 heterocycles. The molecule has 1 saturated carbocycles. The van der Waals surface area contributed by atoms with Gasteiger partial charge < -0.3 is 9.64 Å². The van der Waals surface area contributed by atoms with Gasteiger partial charge in [0.25, 0.3) is 0 Å². The molecule has 1 aliphatic heterocycles. The van der Waals surface area contributed by atoms with Crippen molar-refractivity contribution in [2.24, 2.45) is 5.92 Å². The van der Waals surface area contributed by atoms with Crippen molar-refractivity contribution >= 4 is 17.5 Å². The van der Waals surface area contributed by atoms with Crippen molar-refractivity contribution in [2.45, 2.75) is 25.4 Å². The van der Waals surface area contributed by atoms with E-state index in [0.717, 1.165) is 30.0 Å². The van der Waals surface area contributed by atoms with Crippen LogP contribution in [0, 0.1) is 5.92 Å². The zero-order chi connectivity index (χ0) is 13.2. The summed E-state index contributed by atoms with van der Waals surface area (Å²) in [6.07, 6.45) is 3.29. The highest BCUT2D eigenvalue weighted by Gasteiger charge is 2.32. The molecular weight excluding hydrogens is 262 g/mol. The normalized spacial score (nSPS) is 24.1. The van der Waals surface area contributed by atoms with Crippen LogP contribution in [0.15, 0.2) is 24.3 Å². The second-order valence-corrected chi connectivity index (χ2v) is 5.76. The first kappa shape index (κ1) is 12.9. The Morgan fingerprint density at radius 2 is 2.00 bits per heavy atom. The van der Waals surface area contributed by atoms with Crippen LogP contribution in [-0.4, -0.2) is 30.5 Å². The van der Waals surface area contributed by atoms with Crippen molar-refractivity contribution in [1.29, 1.82) is 0 Å². The van der Waals surface area contributed by atoms with E-state index in [2.05, 4.69) is 0 Å². The van der Waals surface area contributed by atoms with Gasteiger partial charge >= 0.3 is 0 Å². The van der Waals surface area contributed by atoms with E-state index in [1.165, 1.54) is 6.42 Å². The van der Waals surface area contributed by atoms with Gasteiger partial charge in [0, 0.05) is 17.5 Å². The fraction of sp³-hybridized carbons (Fsp3) is 0.533. The fourth-order valence-corrected chi connectivity index (χ4v) is 2.77. The summed E-state index contributed by atoms with van der Waals surface area (Å²) in [5.41, 5.74) is 1.09. The average Bonchev–Trinajstić information content (AvgIpc) is 2.38. The van der Waals surface area contributed by atoms with Crippen molar-refractivity contribution in [2.75, 3.05) is 19.7 Å². The minimum absolute atomic E-state index is 0.0185. The first-order chi connectivity index (χ1) is 9.24. The molecule has 3 nitrogen and oxygen atoms in total. The summed E-state index contributed by atoms with van der Waals surface area (Å²) < 4.78 is 5.78. The molecule has 4 heteroatoms. The van der Waals surface area contributed by atoms with Crippen molar-refractivity contribution in [1.82, 2.24) is 4.90 Å². The number of nitrogens with zero attached hydrogens (tertiary/aromatic N) is 1. The third-order valence-corrected chi connectivity index (χ3v) is 4.33. The number of hydrogen-bond donors (Lipinski definition) is 0. The van der Waals surface area contributed by atoms with Gasteiger partial charge in [-0.15, -0.1) is 0 Å². The molecule has 2 fully saturated rings. The van der Waals surface area contributed by atoms with Crippen LogP contribution in [0.4, 0.5) is 0 Å². The van der Waals surface area contributed by atoms with Crippen molar-refractivity contribution in [3.63, 3.8) is 0 Å². The van der Waals surface area contributed by atoms with Crippen LogP contribution in [0.5, 0.6) is 0 Å². The van der Waals surface area contributed by atoms with E-state index in [-0.39, 0.29) is 12.0 Å². The first-order valence-corrected chi connectivity index (χ1v) is 7.27. The molecule has 1 aromatic rings. The lowest BCUT2D eigenvalue weighted by molar-refractivity contribution is -0.146. The zero-order valence-electron chi connectivity index (χ0n) is 10.8. The third kappa shape index (κ3) is 2.77. The molecule has 2 aliphatic rings. The number of hydrogen-bond acceptors (Lipinski definition) is 2. The summed E-state index contributed by atoms with van der Waals surface area (Å²) in [6.45, 7) is 2.00. The van der Waals surface area contributed by atoms with E-state index < -0.39 is 0 Å². The van der Waals surface area contributed by atoms with Gasteiger partial charge in [0.05, 0.1) is 13.2 Å². The van der Waals surface area contributed by atoms with E-state index in [1.54, 1.807) is 0 Å². The lowest BCUT2D eigenvalue weighted by Crippen LogP contribution is -2.46. The van der Waals surface area contributed by atoms with E-state index >= 15 is 0 Å².